The number of carbonyl (C=O) groups is 1. The van der Waals surface area contributed by atoms with Gasteiger partial charge in [-0.2, -0.15) is 4.98 Å². The summed E-state index contributed by atoms with van der Waals surface area (Å²) in [4.78, 5) is 21.2. The minimum absolute atomic E-state index is 0.0891. The summed E-state index contributed by atoms with van der Waals surface area (Å²) in [6, 6.07) is 19.5. The molecule has 1 aliphatic carbocycles. The molecule has 160 valence electrons. The van der Waals surface area contributed by atoms with Gasteiger partial charge in [0, 0.05) is 35.2 Å². The third-order valence-electron chi connectivity index (χ3n) is 5.58. The molecule has 1 heterocycles. The van der Waals surface area contributed by atoms with Gasteiger partial charge in [0.2, 0.25) is 11.9 Å². The molecule has 1 saturated carbocycles. The molecule has 2 aromatic carbocycles. The van der Waals surface area contributed by atoms with E-state index in [1.54, 1.807) is 0 Å². The summed E-state index contributed by atoms with van der Waals surface area (Å²) < 4.78 is 0. The second-order valence-electron chi connectivity index (χ2n) is 8.15. The van der Waals surface area contributed by atoms with E-state index >= 15 is 0 Å². The molecule has 0 radical (unpaired) electrons. The highest BCUT2D eigenvalue weighted by molar-refractivity contribution is 5.90. The molecule has 0 spiro atoms. The van der Waals surface area contributed by atoms with E-state index in [2.05, 4.69) is 25.9 Å². The average molecular weight is 416 g/mol. The van der Waals surface area contributed by atoms with E-state index in [1.807, 2.05) is 67.6 Å². The van der Waals surface area contributed by atoms with E-state index < -0.39 is 0 Å². The number of hydrogen-bond donors (Lipinski definition) is 3. The topological polar surface area (TPSA) is 78.9 Å². The first-order valence-electron chi connectivity index (χ1n) is 11.0. The van der Waals surface area contributed by atoms with Gasteiger partial charge in [0.1, 0.15) is 5.82 Å². The van der Waals surface area contributed by atoms with Crippen molar-refractivity contribution < 1.29 is 4.79 Å². The van der Waals surface area contributed by atoms with Crippen molar-refractivity contribution in [1.29, 1.82) is 0 Å². The van der Waals surface area contributed by atoms with Gasteiger partial charge in [-0.1, -0.05) is 43.9 Å². The molecule has 6 nitrogen and oxygen atoms in total. The molecule has 0 bridgehead atoms. The summed E-state index contributed by atoms with van der Waals surface area (Å²) in [5.74, 6) is 2.07. The summed E-state index contributed by atoms with van der Waals surface area (Å²) in [7, 11) is 0. The quantitative estimate of drug-likeness (QED) is 0.409. The Morgan fingerprint density at radius 1 is 0.903 bits per heavy atom. The zero-order valence-electron chi connectivity index (χ0n) is 17.9. The van der Waals surface area contributed by atoms with Crippen molar-refractivity contribution in [1.82, 2.24) is 9.97 Å². The maximum Gasteiger partial charge on any atom is 0.229 e. The fraction of sp³-hybridized carbons (Fsp3) is 0.320. The Hall–Kier alpha value is -3.41. The van der Waals surface area contributed by atoms with E-state index in [1.165, 1.54) is 25.7 Å². The fourth-order valence-electron chi connectivity index (χ4n) is 3.98. The molecular weight excluding hydrogens is 386 g/mol. The number of benzene rings is 2. The van der Waals surface area contributed by atoms with Gasteiger partial charge in [0.05, 0.1) is 0 Å². The number of carbonyl (C=O) groups excluding carboxylic acids is 1. The molecule has 1 aromatic heterocycles. The van der Waals surface area contributed by atoms with Crippen molar-refractivity contribution >= 4 is 34.7 Å². The molecule has 0 aliphatic heterocycles. The standard InChI is InChI=1S/C25H29N5O/c1-18-17-23(27-20-9-3-2-4-10-20)30-25(26-18)29-22-14-12-21(13-15-22)28-24(31)16-11-19-7-5-6-8-19/h2-4,9-10,12-15,17,19H,5-8,11,16H2,1H3,(H,28,31)(H2,26,27,29,30). The molecule has 4 rings (SSSR count). The van der Waals surface area contributed by atoms with E-state index in [0.29, 0.717) is 12.4 Å². The van der Waals surface area contributed by atoms with Crippen LogP contribution in [0.25, 0.3) is 0 Å². The van der Waals surface area contributed by atoms with Gasteiger partial charge < -0.3 is 16.0 Å². The summed E-state index contributed by atoms with van der Waals surface area (Å²) in [6.07, 6.45) is 6.77. The summed E-state index contributed by atoms with van der Waals surface area (Å²) in [5, 5.41) is 9.53. The van der Waals surface area contributed by atoms with Gasteiger partial charge in [-0.25, -0.2) is 4.98 Å². The highest BCUT2D eigenvalue weighted by Gasteiger charge is 2.16. The minimum Gasteiger partial charge on any atom is -0.340 e. The van der Waals surface area contributed by atoms with Crippen LogP contribution in [0.2, 0.25) is 0 Å². The fourth-order valence-corrected chi connectivity index (χ4v) is 3.98. The van der Waals surface area contributed by atoms with Crippen LogP contribution in [0.3, 0.4) is 0 Å². The molecule has 0 atom stereocenters. The van der Waals surface area contributed by atoms with E-state index in [4.69, 9.17) is 0 Å². The van der Waals surface area contributed by atoms with Gasteiger partial charge in [-0.3, -0.25) is 4.79 Å². The smallest absolute Gasteiger partial charge is 0.229 e. The molecule has 6 heteroatoms. The number of para-hydroxylation sites is 1. The first-order valence-corrected chi connectivity index (χ1v) is 11.0. The Labute approximate surface area is 183 Å². The van der Waals surface area contributed by atoms with Crippen LogP contribution in [0.4, 0.5) is 28.8 Å². The second-order valence-corrected chi connectivity index (χ2v) is 8.15. The molecule has 1 aliphatic rings. The lowest BCUT2D eigenvalue weighted by Crippen LogP contribution is -2.12. The third kappa shape index (κ3) is 6.28. The van der Waals surface area contributed by atoms with Gasteiger partial charge >= 0.3 is 0 Å². The van der Waals surface area contributed by atoms with Crippen molar-refractivity contribution in [2.45, 2.75) is 45.4 Å². The largest absolute Gasteiger partial charge is 0.340 e. The normalized spacial score (nSPS) is 13.7. The zero-order valence-corrected chi connectivity index (χ0v) is 17.9. The van der Waals surface area contributed by atoms with Gasteiger partial charge in [0.15, 0.2) is 0 Å². The maximum atomic E-state index is 12.2. The second kappa shape index (κ2) is 10.1. The Balaban J connectivity index is 1.33. The number of hydrogen-bond acceptors (Lipinski definition) is 5. The van der Waals surface area contributed by atoms with Crippen LogP contribution in [0.1, 0.15) is 44.2 Å². The molecule has 1 amide bonds. The lowest BCUT2D eigenvalue weighted by molar-refractivity contribution is -0.116. The van der Waals surface area contributed by atoms with E-state index in [9.17, 15) is 4.79 Å². The third-order valence-corrected chi connectivity index (χ3v) is 5.58. The molecule has 0 unspecified atom stereocenters. The predicted molar refractivity (Wildman–Crippen MR) is 126 cm³/mol. The predicted octanol–water partition coefficient (Wildman–Crippen LogP) is 6.18. The molecule has 3 N–H and O–H groups in total. The SMILES string of the molecule is Cc1cc(Nc2ccccc2)nc(Nc2ccc(NC(=O)CCC3CCCC3)cc2)n1. The number of amides is 1. The Morgan fingerprint density at radius 2 is 1.58 bits per heavy atom. The minimum atomic E-state index is 0.0891. The molecular formula is C25H29N5O. The van der Waals surface area contributed by atoms with Gasteiger partial charge in [-0.15, -0.1) is 0 Å². The van der Waals surface area contributed by atoms with Crippen LogP contribution in [-0.4, -0.2) is 15.9 Å². The Morgan fingerprint density at radius 3 is 2.32 bits per heavy atom. The molecule has 3 aromatic rings. The number of nitrogens with zero attached hydrogens (tertiary/aromatic N) is 2. The van der Waals surface area contributed by atoms with Gasteiger partial charge in [-0.05, 0) is 55.7 Å². The van der Waals surface area contributed by atoms with Crippen LogP contribution in [0, 0.1) is 12.8 Å². The highest BCUT2D eigenvalue weighted by atomic mass is 16.1. The maximum absolute atomic E-state index is 12.2. The average Bonchev–Trinajstić information content (AvgIpc) is 3.28. The summed E-state index contributed by atoms with van der Waals surface area (Å²) in [6.45, 7) is 1.94. The first-order chi connectivity index (χ1) is 15.1. The summed E-state index contributed by atoms with van der Waals surface area (Å²) >= 11 is 0. The number of aromatic nitrogens is 2. The van der Waals surface area contributed by atoms with Crippen LogP contribution in [0.15, 0.2) is 60.7 Å². The van der Waals surface area contributed by atoms with Crippen molar-refractivity contribution in [3.8, 4) is 0 Å². The van der Waals surface area contributed by atoms with E-state index in [-0.39, 0.29) is 5.91 Å². The van der Waals surface area contributed by atoms with Crippen molar-refractivity contribution in [2.75, 3.05) is 16.0 Å². The summed E-state index contributed by atoms with van der Waals surface area (Å²) in [5.41, 5.74) is 3.50. The van der Waals surface area contributed by atoms with Crippen molar-refractivity contribution in [3.63, 3.8) is 0 Å². The zero-order chi connectivity index (χ0) is 21.5. The first kappa shape index (κ1) is 20.8. The number of rotatable bonds is 8. The molecule has 31 heavy (non-hydrogen) atoms. The number of aryl methyl sites for hydroxylation is 1. The highest BCUT2D eigenvalue weighted by Crippen LogP contribution is 2.28. The van der Waals surface area contributed by atoms with Crippen LogP contribution in [-0.2, 0) is 4.79 Å². The molecule has 0 saturated heterocycles. The lowest BCUT2D eigenvalue weighted by atomic mass is 10.0. The lowest BCUT2D eigenvalue weighted by Gasteiger charge is -2.11. The van der Waals surface area contributed by atoms with Crippen LogP contribution >= 0.6 is 0 Å². The van der Waals surface area contributed by atoms with Gasteiger partial charge in [0.25, 0.3) is 0 Å². The Kier molecular flexibility index (Phi) is 6.77. The Bertz CT molecular complexity index is 998. The number of nitrogens with one attached hydrogen (secondary N) is 3. The van der Waals surface area contributed by atoms with Crippen LogP contribution < -0.4 is 16.0 Å². The van der Waals surface area contributed by atoms with Crippen molar-refractivity contribution in [3.05, 3.63) is 66.4 Å². The molecule has 1 fully saturated rings. The van der Waals surface area contributed by atoms with Crippen molar-refractivity contribution in [2.24, 2.45) is 5.92 Å². The monoisotopic (exact) mass is 415 g/mol. The van der Waals surface area contributed by atoms with Crippen LogP contribution in [0.5, 0.6) is 0 Å². The van der Waals surface area contributed by atoms with E-state index in [0.717, 1.165) is 40.9 Å². The number of anilines is 5.